The minimum atomic E-state index is -3.25. The molecule has 4 nitrogen and oxygen atoms in total. The predicted molar refractivity (Wildman–Crippen MR) is 89.6 cm³/mol. The lowest BCUT2D eigenvalue weighted by Crippen LogP contribution is -2.26. The molecule has 0 heterocycles. The van der Waals surface area contributed by atoms with Gasteiger partial charge in [-0.1, -0.05) is 29.8 Å². The Morgan fingerprint density at radius 3 is 2.39 bits per heavy atom. The van der Waals surface area contributed by atoms with E-state index in [0.29, 0.717) is 10.6 Å². The van der Waals surface area contributed by atoms with Gasteiger partial charge in [-0.3, -0.25) is 4.79 Å². The summed E-state index contributed by atoms with van der Waals surface area (Å²) in [5.74, 6) is 0.0348. The van der Waals surface area contributed by atoms with E-state index in [9.17, 15) is 13.2 Å². The molecule has 2 atom stereocenters. The maximum Gasteiger partial charge on any atom is 0.251 e. The largest absolute Gasteiger partial charge is 0.349 e. The highest BCUT2D eigenvalue weighted by atomic mass is 35.5. The molecule has 2 aromatic rings. The molecule has 2 aromatic carbocycles. The van der Waals surface area contributed by atoms with E-state index >= 15 is 0 Å². The van der Waals surface area contributed by atoms with Gasteiger partial charge < -0.3 is 5.32 Å². The summed E-state index contributed by atoms with van der Waals surface area (Å²) in [7, 11) is -3.25. The third kappa shape index (κ3) is 3.57. The van der Waals surface area contributed by atoms with Crippen LogP contribution in [0.3, 0.4) is 0 Å². The van der Waals surface area contributed by atoms with Gasteiger partial charge in [0.2, 0.25) is 0 Å². The molecule has 3 rings (SSSR count). The molecule has 0 spiro atoms. The van der Waals surface area contributed by atoms with E-state index in [0.717, 1.165) is 18.2 Å². The van der Waals surface area contributed by atoms with Gasteiger partial charge in [0.15, 0.2) is 9.84 Å². The average Bonchev–Trinajstić information content (AvgIpc) is 3.26. The van der Waals surface area contributed by atoms with Crippen LogP contribution in [0, 0.1) is 0 Å². The zero-order chi connectivity index (χ0) is 16.6. The third-order valence-corrected chi connectivity index (χ3v) is 5.43. The van der Waals surface area contributed by atoms with Crippen LogP contribution in [-0.2, 0) is 9.84 Å². The monoisotopic (exact) mass is 349 g/mol. The van der Waals surface area contributed by atoms with Gasteiger partial charge in [-0.05, 0) is 42.3 Å². The Morgan fingerprint density at radius 1 is 1.13 bits per heavy atom. The Bertz CT molecular complexity index is 846. The molecule has 1 aliphatic rings. The van der Waals surface area contributed by atoms with Crippen molar-refractivity contribution in [1.82, 2.24) is 5.32 Å². The van der Waals surface area contributed by atoms with Crippen molar-refractivity contribution < 1.29 is 13.2 Å². The Morgan fingerprint density at radius 2 is 1.78 bits per heavy atom. The normalized spacial score (nSPS) is 20.1. The number of hydrogen-bond donors (Lipinski definition) is 1. The minimum Gasteiger partial charge on any atom is -0.349 e. The lowest BCUT2D eigenvalue weighted by Gasteiger charge is -2.07. The van der Waals surface area contributed by atoms with E-state index in [1.54, 1.807) is 0 Å². The number of halogens is 1. The van der Waals surface area contributed by atoms with Gasteiger partial charge in [0.1, 0.15) is 0 Å². The molecule has 0 aromatic heterocycles. The highest BCUT2D eigenvalue weighted by Gasteiger charge is 2.40. The quantitative estimate of drug-likeness (QED) is 0.922. The number of sulfone groups is 1. The van der Waals surface area contributed by atoms with E-state index < -0.39 is 9.84 Å². The van der Waals surface area contributed by atoms with Gasteiger partial charge in [-0.15, -0.1) is 0 Å². The minimum absolute atomic E-state index is 0.0667. The van der Waals surface area contributed by atoms with E-state index in [1.165, 1.54) is 24.3 Å². The van der Waals surface area contributed by atoms with Gasteiger partial charge >= 0.3 is 0 Å². The summed E-state index contributed by atoms with van der Waals surface area (Å²) in [6.45, 7) is 0. The van der Waals surface area contributed by atoms with Crippen LogP contribution in [-0.4, -0.2) is 26.6 Å². The molecule has 0 radical (unpaired) electrons. The summed E-state index contributed by atoms with van der Waals surface area (Å²) in [5.41, 5.74) is 1.49. The van der Waals surface area contributed by atoms with Crippen LogP contribution in [0.5, 0.6) is 0 Å². The van der Waals surface area contributed by atoms with Crippen LogP contribution >= 0.6 is 11.6 Å². The first kappa shape index (κ1) is 16.0. The SMILES string of the molecule is CS(=O)(=O)c1ccc(C(=O)N[C@@H]2C[C@@H]2c2ccccc2Cl)cc1. The number of rotatable bonds is 4. The smallest absolute Gasteiger partial charge is 0.251 e. The van der Waals surface area contributed by atoms with Gasteiger partial charge in [0.25, 0.3) is 5.91 Å². The van der Waals surface area contributed by atoms with Crippen molar-refractivity contribution in [2.24, 2.45) is 0 Å². The standard InChI is InChI=1S/C17H16ClNO3S/c1-23(21,22)12-8-6-11(7-9-12)17(20)19-16-10-14(16)13-4-2-3-5-15(13)18/h2-9,14,16H,10H2,1H3,(H,19,20)/t14-,16-/m1/s1. The Kier molecular flexibility index (Phi) is 4.17. The van der Waals surface area contributed by atoms with Gasteiger partial charge in [-0.2, -0.15) is 0 Å². The number of hydrogen-bond acceptors (Lipinski definition) is 3. The van der Waals surface area contributed by atoms with E-state index in [4.69, 9.17) is 11.6 Å². The Hall–Kier alpha value is -1.85. The van der Waals surface area contributed by atoms with Crippen molar-refractivity contribution >= 4 is 27.3 Å². The molecule has 0 saturated heterocycles. The van der Waals surface area contributed by atoms with Crippen molar-refractivity contribution in [3.05, 3.63) is 64.7 Å². The molecule has 23 heavy (non-hydrogen) atoms. The summed E-state index contributed by atoms with van der Waals surface area (Å²) < 4.78 is 22.8. The maximum atomic E-state index is 12.2. The molecule has 1 amide bonds. The first-order chi connectivity index (χ1) is 10.9. The molecule has 1 fully saturated rings. The summed E-state index contributed by atoms with van der Waals surface area (Å²) >= 11 is 6.17. The van der Waals surface area contributed by atoms with Crippen LogP contribution in [0.15, 0.2) is 53.4 Å². The lowest BCUT2D eigenvalue weighted by atomic mass is 10.1. The first-order valence-electron chi connectivity index (χ1n) is 7.21. The van der Waals surface area contributed by atoms with Crippen molar-refractivity contribution in [3.63, 3.8) is 0 Å². The van der Waals surface area contributed by atoms with Gasteiger partial charge in [-0.25, -0.2) is 8.42 Å². The number of carbonyl (C=O) groups is 1. The van der Waals surface area contributed by atoms with E-state index in [-0.39, 0.29) is 22.8 Å². The summed E-state index contributed by atoms with van der Waals surface area (Å²) in [6, 6.07) is 13.6. The predicted octanol–water partition coefficient (Wildman–Crippen LogP) is 3.03. The van der Waals surface area contributed by atoms with Crippen LogP contribution in [0.1, 0.15) is 28.3 Å². The van der Waals surface area contributed by atoms with Gasteiger partial charge in [0.05, 0.1) is 4.90 Å². The summed E-state index contributed by atoms with van der Waals surface area (Å²) in [6.07, 6.45) is 2.00. The van der Waals surface area contributed by atoms with Crippen molar-refractivity contribution in [1.29, 1.82) is 0 Å². The third-order valence-electron chi connectivity index (χ3n) is 3.96. The Balaban J connectivity index is 1.66. The fourth-order valence-corrected chi connectivity index (χ4v) is 3.49. The number of benzene rings is 2. The van der Waals surface area contributed by atoms with Crippen LogP contribution in [0.2, 0.25) is 5.02 Å². The molecular formula is C17H16ClNO3S. The highest BCUT2D eigenvalue weighted by molar-refractivity contribution is 7.90. The first-order valence-corrected chi connectivity index (χ1v) is 9.48. The van der Waals surface area contributed by atoms with Crippen molar-refractivity contribution in [2.45, 2.75) is 23.3 Å². The molecule has 6 heteroatoms. The summed E-state index contributed by atoms with van der Waals surface area (Å²) in [4.78, 5) is 12.4. The van der Waals surface area contributed by atoms with Crippen LogP contribution in [0.25, 0.3) is 0 Å². The number of nitrogens with one attached hydrogen (secondary N) is 1. The fraction of sp³-hybridized carbons (Fsp3) is 0.235. The molecule has 1 saturated carbocycles. The fourth-order valence-electron chi connectivity index (χ4n) is 2.58. The number of amides is 1. The second-order valence-corrected chi connectivity index (χ2v) is 8.16. The Labute approximate surface area is 140 Å². The highest BCUT2D eigenvalue weighted by Crippen LogP contribution is 2.43. The second kappa shape index (κ2) is 5.98. The zero-order valence-electron chi connectivity index (χ0n) is 12.5. The van der Waals surface area contributed by atoms with Crippen LogP contribution in [0.4, 0.5) is 0 Å². The molecule has 1 aliphatic carbocycles. The van der Waals surface area contributed by atoms with Crippen molar-refractivity contribution in [3.8, 4) is 0 Å². The molecule has 120 valence electrons. The zero-order valence-corrected chi connectivity index (χ0v) is 14.1. The topological polar surface area (TPSA) is 63.2 Å². The van der Waals surface area contributed by atoms with Crippen LogP contribution < -0.4 is 5.32 Å². The molecule has 0 unspecified atom stereocenters. The lowest BCUT2D eigenvalue weighted by molar-refractivity contribution is 0.0950. The number of carbonyl (C=O) groups excluding carboxylic acids is 1. The molecule has 1 N–H and O–H groups in total. The average molecular weight is 350 g/mol. The summed E-state index contributed by atoms with van der Waals surface area (Å²) in [5, 5.41) is 3.67. The maximum absolute atomic E-state index is 12.2. The van der Waals surface area contributed by atoms with E-state index in [2.05, 4.69) is 5.32 Å². The molecular weight excluding hydrogens is 334 g/mol. The van der Waals surface area contributed by atoms with E-state index in [1.807, 2.05) is 24.3 Å². The second-order valence-electron chi connectivity index (χ2n) is 5.74. The van der Waals surface area contributed by atoms with Crippen molar-refractivity contribution in [2.75, 3.05) is 6.26 Å². The van der Waals surface area contributed by atoms with Gasteiger partial charge in [0, 0.05) is 28.8 Å². The molecule has 0 aliphatic heterocycles. The molecule has 0 bridgehead atoms.